The van der Waals surface area contributed by atoms with Gasteiger partial charge in [-0.25, -0.2) is 9.59 Å². The number of carbonyl (C=O) groups excluding carboxylic acids is 2. The Morgan fingerprint density at radius 3 is 1.28 bits per heavy atom. The molecule has 0 fully saturated rings. The van der Waals surface area contributed by atoms with E-state index in [0.29, 0.717) is 11.5 Å². The Bertz CT molecular complexity index is 659. The minimum atomic E-state index is -5.11. The topological polar surface area (TPSA) is 89.5 Å². The highest BCUT2D eigenvalue weighted by Crippen LogP contribution is 2.20. The van der Waals surface area contributed by atoms with Gasteiger partial charge in [0.2, 0.25) is 12.6 Å². The number of alkyl halides is 6. The van der Waals surface area contributed by atoms with Crippen LogP contribution in [0.2, 0.25) is 0 Å². The lowest BCUT2D eigenvalue weighted by Crippen LogP contribution is -2.30. The van der Waals surface area contributed by atoms with Gasteiger partial charge in [0.05, 0.1) is 13.2 Å². The Hall–Kier alpha value is -2.74. The van der Waals surface area contributed by atoms with Gasteiger partial charge in [0.15, 0.2) is 0 Å². The Balaban J connectivity index is 2.22. The van der Waals surface area contributed by atoms with Gasteiger partial charge in [-0.2, -0.15) is 26.3 Å². The quantitative estimate of drug-likeness (QED) is 0.196. The summed E-state index contributed by atoms with van der Waals surface area (Å²) in [6, 6.07) is 6.04. The lowest BCUT2D eigenvalue weighted by Gasteiger charge is -2.16. The fourth-order valence-corrected chi connectivity index (χ4v) is 1.88. The molecular formula is C18H20F6O8. The molecule has 0 heterocycles. The van der Waals surface area contributed by atoms with Crippen molar-refractivity contribution in [2.75, 3.05) is 26.4 Å². The number of esters is 2. The molecule has 1 rings (SSSR count). The van der Waals surface area contributed by atoms with Crippen molar-refractivity contribution >= 4 is 11.9 Å². The normalized spacial score (nSPS) is 13.8. The van der Waals surface area contributed by atoms with Crippen molar-refractivity contribution in [3.05, 3.63) is 24.3 Å². The average molecular weight is 478 g/mol. The summed E-state index contributed by atoms with van der Waals surface area (Å²) in [7, 11) is 0. The molecule has 0 bridgehead atoms. The van der Waals surface area contributed by atoms with Gasteiger partial charge >= 0.3 is 24.3 Å². The number of hydrogen-bond donors (Lipinski definition) is 0. The van der Waals surface area contributed by atoms with Crippen molar-refractivity contribution in [1.29, 1.82) is 0 Å². The van der Waals surface area contributed by atoms with Crippen LogP contribution in [0.1, 0.15) is 13.8 Å². The second kappa shape index (κ2) is 12.3. The zero-order chi connectivity index (χ0) is 24.4. The maximum atomic E-state index is 12.0. The van der Waals surface area contributed by atoms with Crippen LogP contribution in [0.3, 0.4) is 0 Å². The fraction of sp³-hybridized carbons (Fsp3) is 0.556. The van der Waals surface area contributed by atoms with Gasteiger partial charge in [-0.1, -0.05) is 0 Å². The first-order valence-corrected chi connectivity index (χ1v) is 8.93. The third-order valence-corrected chi connectivity index (χ3v) is 3.24. The summed E-state index contributed by atoms with van der Waals surface area (Å²) in [4.78, 5) is 21.3. The highest BCUT2D eigenvalue weighted by atomic mass is 19.4. The summed E-state index contributed by atoms with van der Waals surface area (Å²) >= 11 is 0. The predicted octanol–water partition coefficient (Wildman–Crippen LogP) is 3.38. The van der Waals surface area contributed by atoms with E-state index in [9.17, 15) is 35.9 Å². The summed E-state index contributed by atoms with van der Waals surface area (Å²) < 4.78 is 101. The van der Waals surface area contributed by atoms with E-state index < -0.39 is 36.9 Å². The van der Waals surface area contributed by atoms with E-state index in [1.165, 1.54) is 24.3 Å². The molecular weight excluding hydrogens is 458 g/mol. The molecule has 1 aromatic rings. The monoisotopic (exact) mass is 478 g/mol. The molecule has 14 heteroatoms. The molecule has 0 aromatic heterocycles. The first-order chi connectivity index (χ1) is 14.8. The van der Waals surface area contributed by atoms with Gasteiger partial charge in [-0.05, 0) is 38.1 Å². The minimum Gasteiger partial charge on any atom is -0.491 e. The van der Waals surface area contributed by atoms with Crippen molar-refractivity contribution < 1.29 is 64.4 Å². The summed E-state index contributed by atoms with van der Waals surface area (Å²) in [5.74, 6) is -3.96. The molecule has 1 aromatic carbocycles. The fourth-order valence-electron chi connectivity index (χ4n) is 1.88. The molecule has 0 radical (unpaired) electrons. The molecule has 0 spiro atoms. The van der Waals surface area contributed by atoms with Crippen LogP contribution in [0.15, 0.2) is 24.3 Å². The SMILES string of the molecule is CC(OCCOc1ccc(OCCOC(C)OC(=O)C(F)(F)F)cc1)OC(=O)C(F)(F)F. The van der Waals surface area contributed by atoms with Gasteiger partial charge in [0, 0.05) is 0 Å². The number of ether oxygens (including phenoxy) is 6. The molecule has 0 aliphatic carbocycles. The van der Waals surface area contributed by atoms with Gasteiger partial charge in [0.1, 0.15) is 24.7 Å². The van der Waals surface area contributed by atoms with Crippen molar-refractivity contribution in [2.24, 2.45) is 0 Å². The Labute approximate surface area is 178 Å². The predicted molar refractivity (Wildman–Crippen MR) is 92.6 cm³/mol. The second-order valence-electron chi connectivity index (χ2n) is 5.85. The third kappa shape index (κ3) is 11.0. The molecule has 182 valence electrons. The number of halogens is 6. The van der Waals surface area contributed by atoms with E-state index in [-0.39, 0.29) is 26.4 Å². The molecule has 32 heavy (non-hydrogen) atoms. The molecule has 0 amide bonds. The Kier molecular flexibility index (Phi) is 10.5. The van der Waals surface area contributed by atoms with Crippen molar-refractivity contribution in [2.45, 2.75) is 38.8 Å². The molecule has 0 aliphatic heterocycles. The third-order valence-electron chi connectivity index (χ3n) is 3.24. The van der Waals surface area contributed by atoms with E-state index in [4.69, 9.17) is 18.9 Å². The van der Waals surface area contributed by atoms with E-state index in [1.807, 2.05) is 0 Å². The molecule has 0 aliphatic rings. The first-order valence-electron chi connectivity index (χ1n) is 8.93. The standard InChI is InChI=1S/C18H20F6O8/c1-11(31-15(25)17(19,20)21)27-7-9-29-13-3-5-14(6-4-13)30-10-8-28-12(2)32-16(26)18(22,23)24/h3-6,11-12H,7-10H2,1-2H3. The van der Waals surface area contributed by atoms with Crippen LogP contribution in [0.5, 0.6) is 11.5 Å². The summed E-state index contributed by atoms with van der Waals surface area (Å²) in [6.07, 6.45) is -13.0. The van der Waals surface area contributed by atoms with Gasteiger partial charge in [-0.3, -0.25) is 0 Å². The van der Waals surface area contributed by atoms with Crippen molar-refractivity contribution in [3.63, 3.8) is 0 Å². The van der Waals surface area contributed by atoms with E-state index in [0.717, 1.165) is 13.8 Å². The Morgan fingerprint density at radius 2 is 1.00 bits per heavy atom. The smallest absolute Gasteiger partial charge is 0.491 e. The average Bonchev–Trinajstić information content (AvgIpc) is 2.68. The molecule has 0 saturated heterocycles. The maximum absolute atomic E-state index is 12.0. The van der Waals surface area contributed by atoms with Gasteiger partial charge in [0.25, 0.3) is 0 Å². The lowest BCUT2D eigenvalue weighted by atomic mass is 10.3. The zero-order valence-electron chi connectivity index (χ0n) is 16.8. The zero-order valence-corrected chi connectivity index (χ0v) is 16.8. The molecule has 8 nitrogen and oxygen atoms in total. The van der Waals surface area contributed by atoms with Crippen LogP contribution in [-0.4, -0.2) is 63.3 Å². The summed E-state index contributed by atoms with van der Waals surface area (Å²) in [5.41, 5.74) is 0. The largest absolute Gasteiger partial charge is 0.491 e. The highest BCUT2D eigenvalue weighted by molar-refractivity contribution is 5.76. The van der Waals surface area contributed by atoms with Crippen LogP contribution < -0.4 is 9.47 Å². The molecule has 2 atom stereocenters. The number of carbonyl (C=O) groups is 2. The van der Waals surface area contributed by atoms with Crippen LogP contribution in [0.25, 0.3) is 0 Å². The number of hydrogen-bond acceptors (Lipinski definition) is 8. The van der Waals surface area contributed by atoms with Crippen LogP contribution in [0, 0.1) is 0 Å². The van der Waals surface area contributed by atoms with E-state index in [1.54, 1.807) is 0 Å². The van der Waals surface area contributed by atoms with Crippen LogP contribution in [-0.2, 0) is 28.5 Å². The number of benzene rings is 1. The summed E-state index contributed by atoms with van der Waals surface area (Å²) in [6.45, 7) is 1.85. The lowest BCUT2D eigenvalue weighted by molar-refractivity contribution is -0.223. The maximum Gasteiger partial charge on any atom is 0.491 e. The van der Waals surface area contributed by atoms with Crippen molar-refractivity contribution in [3.8, 4) is 11.5 Å². The van der Waals surface area contributed by atoms with Crippen LogP contribution in [0.4, 0.5) is 26.3 Å². The van der Waals surface area contributed by atoms with Crippen LogP contribution >= 0.6 is 0 Å². The Morgan fingerprint density at radius 1 is 0.688 bits per heavy atom. The molecule has 0 saturated carbocycles. The van der Waals surface area contributed by atoms with Crippen molar-refractivity contribution in [1.82, 2.24) is 0 Å². The highest BCUT2D eigenvalue weighted by Gasteiger charge is 2.42. The molecule has 0 N–H and O–H groups in total. The van der Waals surface area contributed by atoms with E-state index >= 15 is 0 Å². The number of rotatable bonds is 12. The van der Waals surface area contributed by atoms with Gasteiger partial charge < -0.3 is 28.4 Å². The van der Waals surface area contributed by atoms with E-state index in [2.05, 4.69) is 9.47 Å². The summed E-state index contributed by atoms with van der Waals surface area (Å²) in [5, 5.41) is 0. The first kappa shape index (κ1) is 27.3. The van der Waals surface area contributed by atoms with Gasteiger partial charge in [-0.15, -0.1) is 0 Å². The minimum absolute atomic E-state index is 0.0452. The second-order valence-corrected chi connectivity index (χ2v) is 5.85. The molecule has 2 unspecified atom stereocenters.